The molecule has 8 heteroatoms. The summed E-state index contributed by atoms with van der Waals surface area (Å²) >= 11 is 0. The van der Waals surface area contributed by atoms with Crippen LogP contribution in [0, 0.1) is 6.92 Å². The molecule has 1 N–H and O–H groups in total. The first-order valence-corrected chi connectivity index (χ1v) is 9.18. The fourth-order valence-electron chi connectivity index (χ4n) is 3.14. The number of carbonyl (C=O) groups is 1. The number of nitrogens with one attached hydrogen (secondary N) is 1. The van der Waals surface area contributed by atoms with Crippen LogP contribution in [0.2, 0.25) is 0 Å². The number of rotatable bonds is 4. The molecule has 0 spiro atoms. The van der Waals surface area contributed by atoms with E-state index in [-0.39, 0.29) is 5.91 Å². The van der Waals surface area contributed by atoms with Crippen molar-refractivity contribution < 1.29 is 4.79 Å². The number of benzene rings is 1. The monoisotopic (exact) mass is 375 g/mol. The van der Waals surface area contributed by atoms with Crippen molar-refractivity contribution >= 4 is 23.4 Å². The van der Waals surface area contributed by atoms with Crippen LogP contribution in [-0.2, 0) is 0 Å². The standard InChI is InChI=1S/C20H21N7O/c1-15-23-17(14-18(24-15)25-16-6-3-2-4-7-16)19(28)26-10-12-27(13-11-26)20-21-8-5-9-22-20/h2-9,14H,10-13H2,1H3,(H,23,24,25). The zero-order chi connectivity index (χ0) is 19.3. The number of amides is 1. The summed E-state index contributed by atoms with van der Waals surface area (Å²) in [6.07, 6.45) is 3.45. The Morgan fingerprint density at radius 2 is 1.68 bits per heavy atom. The molecule has 0 unspecified atom stereocenters. The molecule has 28 heavy (non-hydrogen) atoms. The molecule has 1 aromatic carbocycles. The van der Waals surface area contributed by atoms with E-state index in [4.69, 9.17) is 0 Å². The zero-order valence-corrected chi connectivity index (χ0v) is 15.6. The van der Waals surface area contributed by atoms with E-state index in [0.29, 0.717) is 49.5 Å². The number of carbonyl (C=O) groups excluding carboxylic acids is 1. The van der Waals surface area contributed by atoms with Gasteiger partial charge in [-0.15, -0.1) is 0 Å². The minimum absolute atomic E-state index is 0.0877. The van der Waals surface area contributed by atoms with Gasteiger partial charge in [0.2, 0.25) is 5.95 Å². The number of piperazine rings is 1. The average molecular weight is 375 g/mol. The van der Waals surface area contributed by atoms with Crippen LogP contribution in [0.25, 0.3) is 0 Å². The molecule has 3 heterocycles. The van der Waals surface area contributed by atoms with Crippen LogP contribution in [0.15, 0.2) is 54.9 Å². The second-order valence-electron chi connectivity index (χ2n) is 6.50. The van der Waals surface area contributed by atoms with Gasteiger partial charge in [0.25, 0.3) is 5.91 Å². The van der Waals surface area contributed by atoms with Crippen LogP contribution in [0.1, 0.15) is 16.3 Å². The number of hydrogen-bond donors (Lipinski definition) is 1. The van der Waals surface area contributed by atoms with Gasteiger partial charge in [0.15, 0.2) is 0 Å². The highest BCUT2D eigenvalue weighted by Gasteiger charge is 2.24. The average Bonchev–Trinajstić information content (AvgIpc) is 2.74. The summed E-state index contributed by atoms with van der Waals surface area (Å²) in [6.45, 7) is 4.37. The highest BCUT2D eigenvalue weighted by Crippen LogP contribution is 2.17. The highest BCUT2D eigenvalue weighted by atomic mass is 16.2. The van der Waals surface area contributed by atoms with Gasteiger partial charge in [-0.25, -0.2) is 19.9 Å². The van der Waals surface area contributed by atoms with Crippen LogP contribution >= 0.6 is 0 Å². The van der Waals surface area contributed by atoms with E-state index in [2.05, 4.69) is 30.2 Å². The minimum atomic E-state index is -0.0877. The van der Waals surface area contributed by atoms with Gasteiger partial charge in [-0.2, -0.15) is 0 Å². The fraction of sp³-hybridized carbons (Fsp3) is 0.250. The smallest absolute Gasteiger partial charge is 0.272 e. The molecule has 1 fully saturated rings. The number of para-hydroxylation sites is 1. The van der Waals surface area contributed by atoms with E-state index in [1.165, 1.54) is 0 Å². The first kappa shape index (κ1) is 17.8. The van der Waals surface area contributed by atoms with Crippen LogP contribution in [0.4, 0.5) is 17.5 Å². The van der Waals surface area contributed by atoms with Crippen molar-refractivity contribution in [2.45, 2.75) is 6.92 Å². The molecule has 0 radical (unpaired) electrons. The Kier molecular flexibility index (Phi) is 5.09. The topological polar surface area (TPSA) is 87.1 Å². The second kappa shape index (κ2) is 7.99. The van der Waals surface area contributed by atoms with Gasteiger partial charge in [0.1, 0.15) is 17.3 Å². The quantitative estimate of drug-likeness (QED) is 0.748. The molecule has 0 bridgehead atoms. The summed E-state index contributed by atoms with van der Waals surface area (Å²) in [5.41, 5.74) is 1.31. The predicted octanol–water partition coefficient (Wildman–Crippen LogP) is 2.28. The summed E-state index contributed by atoms with van der Waals surface area (Å²) in [4.78, 5) is 34.1. The molecule has 0 saturated carbocycles. The number of nitrogens with zero attached hydrogens (tertiary/aromatic N) is 6. The van der Waals surface area contributed by atoms with Crippen molar-refractivity contribution in [3.8, 4) is 0 Å². The molecule has 2 aromatic heterocycles. The molecular weight excluding hydrogens is 354 g/mol. The van der Waals surface area contributed by atoms with Gasteiger partial charge in [-0.1, -0.05) is 18.2 Å². The highest BCUT2D eigenvalue weighted by molar-refractivity contribution is 5.93. The summed E-state index contributed by atoms with van der Waals surface area (Å²) < 4.78 is 0. The van der Waals surface area contributed by atoms with Gasteiger partial charge in [-0.05, 0) is 25.1 Å². The lowest BCUT2D eigenvalue weighted by Gasteiger charge is -2.34. The molecule has 1 amide bonds. The molecular formula is C20H21N7O. The Labute approximate surface area is 163 Å². The lowest BCUT2D eigenvalue weighted by Crippen LogP contribution is -2.49. The summed E-state index contributed by atoms with van der Waals surface area (Å²) in [7, 11) is 0. The van der Waals surface area contributed by atoms with Gasteiger partial charge in [0.05, 0.1) is 0 Å². The zero-order valence-electron chi connectivity index (χ0n) is 15.6. The normalized spacial score (nSPS) is 14.0. The summed E-state index contributed by atoms with van der Waals surface area (Å²) in [5.74, 6) is 1.77. The van der Waals surface area contributed by atoms with E-state index >= 15 is 0 Å². The first-order chi connectivity index (χ1) is 13.7. The van der Waals surface area contributed by atoms with Gasteiger partial charge in [-0.3, -0.25) is 4.79 Å². The number of hydrogen-bond acceptors (Lipinski definition) is 7. The van der Waals surface area contributed by atoms with Crippen molar-refractivity contribution in [2.75, 3.05) is 36.4 Å². The molecule has 142 valence electrons. The van der Waals surface area contributed by atoms with Gasteiger partial charge < -0.3 is 15.1 Å². The number of anilines is 3. The Morgan fingerprint density at radius 3 is 2.39 bits per heavy atom. The molecule has 3 aromatic rings. The lowest BCUT2D eigenvalue weighted by atomic mass is 10.2. The van der Waals surface area contributed by atoms with Crippen LogP contribution < -0.4 is 10.2 Å². The molecule has 0 atom stereocenters. The van der Waals surface area contributed by atoms with Gasteiger partial charge in [0, 0.05) is 50.3 Å². The SMILES string of the molecule is Cc1nc(Nc2ccccc2)cc(C(=O)N2CCN(c3ncccn3)CC2)n1. The van der Waals surface area contributed by atoms with Gasteiger partial charge >= 0.3 is 0 Å². The van der Waals surface area contributed by atoms with E-state index in [9.17, 15) is 4.79 Å². The Morgan fingerprint density at radius 1 is 0.964 bits per heavy atom. The van der Waals surface area contributed by atoms with Crippen molar-refractivity contribution in [3.05, 3.63) is 66.4 Å². The number of aryl methyl sites for hydroxylation is 1. The Bertz CT molecular complexity index is 941. The molecule has 0 aliphatic carbocycles. The molecule has 1 saturated heterocycles. The maximum atomic E-state index is 13.0. The molecule has 1 aliphatic heterocycles. The largest absolute Gasteiger partial charge is 0.340 e. The second-order valence-corrected chi connectivity index (χ2v) is 6.50. The third-order valence-electron chi connectivity index (χ3n) is 4.51. The molecule has 1 aliphatic rings. The Hall–Kier alpha value is -3.55. The van der Waals surface area contributed by atoms with E-state index in [1.54, 1.807) is 31.5 Å². The Balaban J connectivity index is 1.45. The molecule has 8 nitrogen and oxygen atoms in total. The van der Waals surface area contributed by atoms with Crippen molar-refractivity contribution in [1.82, 2.24) is 24.8 Å². The van der Waals surface area contributed by atoms with Crippen molar-refractivity contribution in [1.29, 1.82) is 0 Å². The summed E-state index contributed by atoms with van der Waals surface area (Å²) in [6, 6.07) is 13.2. The van der Waals surface area contributed by atoms with E-state index < -0.39 is 0 Å². The molecule has 4 rings (SSSR count). The van der Waals surface area contributed by atoms with Crippen LogP contribution in [0.5, 0.6) is 0 Å². The third-order valence-corrected chi connectivity index (χ3v) is 4.51. The first-order valence-electron chi connectivity index (χ1n) is 9.18. The predicted molar refractivity (Wildman–Crippen MR) is 107 cm³/mol. The maximum Gasteiger partial charge on any atom is 0.272 e. The third kappa shape index (κ3) is 4.06. The van der Waals surface area contributed by atoms with Crippen LogP contribution in [-0.4, -0.2) is 56.9 Å². The lowest BCUT2D eigenvalue weighted by molar-refractivity contribution is 0.0740. The summed E-state index contributed by atoms with van der Waals surface area (Å²) in [5, 5.41) is 3.22. The van der Waals surface area contributed by atoms with E-state index in [0.717, 1.165) is 5.69 Å². The maximum absolute atomic E-state index is 13.0. The van der Waals surface area contributed by atoms with Crippen LogP contribution in [0.3, 0.4) is 0 Å². The minimum Gasteiger partial charge on any atom is -0.340 e. The fourth-order valence-corrected chi connectivity index (χ4v) is 3.14. The van der Waals surface area contributed by atoms with Crippen molar-refractivity contribution in [2.24, 2.45) is 0 Å². The van der Waals surface area contributed by atoms with E-state index in [1.807, 2.05) is 35.2 Å². The van der Waals surface area contributed by atoms with Crippen molar-refractivity contribution in [3.63, 3.8) is 0 Å². The number of aromatic nitrogens is 4.